The van der Waals surface area contributed by atoms with Gasteiger partial charge in [0.2, 0.25) is 0 Å². The summed E-state index contributed by atoms with van der Waals surface area (Å²) >= 11 is 0. The Balaban J connectivity index is 3.06. The van der Waals surface area contributed by atoms with Crippen molar-refractivity contribution in [1.29, 1.82) is 0 Å². The second kappa shape index (κ2) is 5.71. The van der Waals surface area contributed by atoms with E-state index in [0.29, 0.717) is 5.56 Å². The molecule has 0 atom stereocenters. The van der Waals surface area contributed by atoms with Crippen molar-refractivity contribution in [2.24, 2.45) is 5.84 Å². The first-order valence-electron chi connectivity index (χ1n) is 5.31. The van der Waals surface area contributed by atoms with Gasteiger partial charge in [-0.3, -0.25) is 10.2 Å². The van der Waals surface area contributed by atoms with Crippen molar-refractivity contribution in [3.8, 4) is 0 Å². The highest BCUT2D eigenvalue weighted by Crippen LogP contribution is 2.33. The maximum absolute atomic E-state index is 12.7. The molecule has 0 bridgehead atoms. The lowest BCUT2D eigenvalue weighted by Crippen LogP contribution is -2.27. The van der Waals surface area contributed by atoms with Gasteiger partial charge in [-0.1, -0.05) is 18.7 Å². The summed E-state index contributed by atoms with van der Waals surface area (Å²) in [4.78, 5) is 10.9. The van der Waals surface area contributed by atoms with Crippen molar-refractivity contribution in [2.75, 3.05) is 0 Å². The van der Waals surface area contributed by atoms with Crippen LogP contribution in [0.2, 0.25) is 0 Å². The number of hydrogen-bond donors (Lipinski definition) is 2. The number of benzene rings is 1. The van der Waals surface area contributed by atoms with Gasteiger partial charge in [0.15, 0.2) is 0 Å². The molecule has 1 rings (SSSR count). The van der Waals surface area contributed by atoms with Crippen LogP contribution in [0.25, 0.3) is 5.57 Å². The highest BCUT2D eigenvalue weighted by atomic mass is 19.4. The molecule has 0 radical (unpaired) electrons. The van der Waals surface area contributed by atoms with Crippen LogP contribution >= 0.6 is 0 Å². The third-order valence-electron chi connectivity index (χ3n) is 2.49. The van der Waals surface area contributed by atoms with Gasteiger partial charge in [-0.25, -0.2) is 5.84 Å². The van der Waals surface area contributed by atoms with E-state index in [2.05, 4.69) is 6.58 Å². The largest absolute Gasteiger partial charge is 0.416 e. The normalized spacial score (nSPS) is 11.6. The molecule has 6 heteroatoms. The SMILES string of the molecule is C=C(/C=C\C(=O)NN)c1ccc(C)c(C(F)(F)F)c1. The zero-order valence-electron chi connectivity index (χ0n) is 10.2. The number of amides is 1. The fourth-order valence-electron chi connectivity index (χ4n) is 1.45. The molecule has 1 aromatic rings. The first-order chi connectivity index (χ1) is 8.75. The average Bonchev–Trinajstić information content (AvgIpc) is 2.34. The Bertz CT molecular complexity index is 533. The minimum Gasteiger partial charge on any atom is -0.291 e. The second-order valence-corrected chi connectivity index (χ2v) is 3.89. The van der Waals surface area contributed by atoms with Crippen LogP contribution in [0.5, 0.6) is 0 Å². The zero-order valence-corrected chi connectivity index (χ0v) is 10.2. The van der Waals surface area contributed by atoms with Gasteiger partial charge in [-0.15, -0.1) is 0 Å². The number of carbonyl (C=O) groups is 1. The van der Waals surface area contributed by atoms with Crippen LogP contribution in [0, 0.1) is 6.92 Å². The van der Waals surface area contributed by atoms with Crippen molar-refractivity contribution >= 4 is 11.5 Å². The number of aryl methyl sites for hydroxylation is 1. The molecule has 3 nitrogen and oxygen atoms in total. The molecule has 0 aliphatic carbocycles. The molecule has 3 N–H and O–H groups in total. The Morgan fingerprint density at radius 3 is 2.53 bits per heavy atom. The van der Waals surface area contributed by atoms with E-state index >= 15 is 0 Å². The molecule has 0 heterocycles. The van der Waals surface area contributed by atoms with Crippen molar-refractivity contribution < 1.29 is 18.0 Å². The van der Waals surface area contributed by atoms with Gasteiger partial charge in [-0.05, 0) is 35.8 Å². The predicted molar refractivity (Wildman–Crippen MR) is 66.7 cm³/mol. The molecule has 0 unspecified atom stereocenters. The summed E-state index contributed by atoms with van der Waals surface area (Å²) in [7, 11) is 0. The minimum absolute atomic E-state index is 0.132. The van der Waals surface area contributed by atoms with Gasteiger partial charge in [0.1, 0.15) is 0 Å². The molecule has 0 aliphatic heterocycles. The summed E-state index contributed by atoms with van der Waals surface area (Å²) in [5, 5.41) is 0. The monoisotopic (exact) mass is 270 g/mol. The van der Waals surface area contributed by atoms with E-state index in [-0.39, 0.29) is 11.1 Å². The summed E-state index contributed by atoms with van der Waals surface area (Å²) in [5.74, 6) is 4.30. The number of rotatable bonds is 3. The third-order valence-corrected chi connectivity index (χ3v) is 2.49. The lowest BCUT2D eigenvalue weighted by atomic mass is 10.00. The lowest BCUT2D eigenvalue weighted by Gasteiger charge is -2.12. The third kappa shape index (κ3) is 3.96. The molecular weight excluding hydrogens is 257 g/mol. The van der Waals surface area contributed by atoms with E-state index in [0.717, 1.165) is 12.1 Å². The van der Waals surface area contributed by atoms with E-state index in [4.69, 9.17) is 5.84 Å². The van der Waals surface area contributed by atoms with Gasteiger partial charge < -0.3 is 0 Å². The van der Waals surface area contributed by atoms with Crippen LogP contribution in [-0.2, 0) is 11.0 Å². The summed E-state index contributed by atoms with van der Waals surface area (Å²) in [6, 6.07) is 3.88. The molecule has 0 saturated carbocycles. The number of allylic oxidation sites excluding steroid dienone is 2. The van der Waals surface area contributed by atoms with Crippen LogP contribution < -0.4 is 11.3 Å². The van der Waals surface area contributed by atoms with Crippen LogP contribution in [0.3, 0.4) is 0 Å². The molecular formula is C13H13F3N2O. The zero-order chi connectivity index (χ0) is 14.6. The van der Waals surface area contributed by atoms with Crippen molar-refractivity contribution in [2.45, 2.75) is 13.1 Å². The number of hydrogen-bond acceptors (Lipinski definition) is 2. The maximum atomic E-state index is 12.7. The number of alkyl halides is 3. The maximum Gasteiger partial charge on any atom is 0.416 e. The number of nitrogens with two attached hydrogens (primary N) is 1. The Morgan fingerprint density at radius 1 is 1.37 bits per heavy atom. The highest BCUT2D eigenvalue weighted by molar-refractivity contribution is 5.90. The molecule has 0 aliphatic rings. The minimum atomic E-state index is -4.42. The van der Waals surface area contributed by atoms with Gasteiger partial charge in [0, 0.05) is 6.08 Å². The average molecular weight is 270 g/mol. The standard InChI is InChI=1S/C13H13F3N2O/c1-8(4-6-12(19)18-17)10-5-3-9(2)11(7-10)13(14,15)16/h3-7H,1,17H2,2H3,(H,18,19)/b6-4-. The number of halogens is 3. The number of hydrazine groups is 1. The molecule has 102 valence electrons. The van der Waals surface area contributed by atoms with Crippen LogP contribution in [0.4, 0.5) is 13.2 Å². The molecule has 0 spiro atoms. The van der Waals surface area contributed by atoms with Gasteiger partial charge in [0.05, 0.1) is 5.56 Å². The fraction of sp³-hybridized carbons (Fsp3) is 0.154. The van der Waals surface area contributed by atoms with Crippen molar-refractivity contribution in [1.82, 2.24) is 5.43 Å². The first kappa shape index (κ1) is 15.0. The highest BCUT2D eigenvalue weighted by Gasteiger charge is 2.32. The van der Waals surface area contributed by atoms with Crippen LogP contribution in [-0.4, -0.2) is 5.91 Å². The molecule has 0 saturated heterocycles. The topological polar surface area (TPSA) is 55.1 Å². The van der Waals surface area contributed by atoms with Gasteiger partial charge in [-0.2, -0.15) is 13.2 Å². The Hall–Kier alpha value is -2.08. The Labute approximate surface area is 108 Å². The summed E-state index contributed by atoms with van der Waals surface area (Å²) in [5.41, 5.74) is 1.86. The van der Waals surface area contributed by atoms with Crippen LogP contribution in [0.15, 0.2) is 36.9 Å². The molecule has 0 aromatic heterocycles. The predicted octanol–water partition coefficient (Wildman–Crippen LogP) is 2.57. The number of nitrogens with one attached hydrogen (secondary N) is 1. The Morgan fingerprint density at radius 2 is 2.00 bits per heavy atom. The van der Waals surface area contributed by atoms with Crippen molar-refractivity contribution in [3.63, 3.8) is 0 Å². The lowest BCUT2D eigenvalue weighted by molar-refractivity contribution is -0.138. The molecule has 1 aromatic carbocycles. The van der Waals surface area contributed by atoms with E-state index in [1.807, 2.05) is 5.43 Å². The first-order valence-corrected chi connectivity index (χ1v) is 5.31. The van der Waals surface area contributed by atoms with E-state index in [1.54, 1.807) is 0 Å². The molecule has 19 heavy (non-hydrogen) atoms. The van der Waals surface area contributed by atoms with E-state index in [1.165, 1.54) is 25.1 Å². The van der Waals surface area contributed by atoms with E-state index < -0.39 is 17.6 Å². The van der Waals surface area contributed by atoms with Gasteiger partial charge >= 0.3 is 6.18 Å². The molecule has 1 amide bonds. The van der Waals surface area contributed by atoms with Gasteiger partial charge in [0.25, 0.3) is 5.91 Å². The quantitative estimate of drug-likeness (QED) is 0.291. The van der Waals surface area contributed by atoms with Crippen molar-refractivity contribution in [3.05, 3.63) is 53.6 Å². The summed E-state index contributed by atoms with van der Waals surface area (Å²) in [6.07, 6.45) is -2.03. The number of carbonyl (C=O) groups excluding carboxylic acids is 1. The summed E-state index contributed by atoms with van der Waals surface area (Å²) in [6.45, 7) is 4.99. The second-order valence-electron chi connectivity index (χ2n) is 3.89. The smallest absolute Gasteiger partial charge is 0.291 e. The van der Waals surface area contributed by atoms with E-state index in [9.17, 15) is 18.0 Å². The fourth-order valence-corrected chi connectivity index (χ4v) is 1.45. The molecule has 0 fully saturated rings. The summed E-state index contributed by atoms with van der Waals surface area (Å²) < 4.78 is 38.2. The van der Waals surface area contributed by atoms with Crippen LogP contribution in [0.1, 0.15) is 16.7 Å². The Kier molecular flexibility index (Phi) is 4.50.